The van der Waals surface area contributed by atoms with Gasteiger partial charge in [0.25, 0.3) is 0 Å². The van der Waals surface area contributed by atoms with Gasteiger partial charge in [-0.2, -0.15) is 0 Å². The van der Waals surface area contributed by atoms with Crippen molar-refractivity contribution in [1.82, 2.24) is 0 Å². The Hall–Kier alpha value is -1.50. The lowest BCUT2D eigenvalue weighted by Crippen LogP contribution is -1.86. The Bertz CT molecular complexity index is 300. The first-order chi connectivity index (χ1) is 5.81. The van der Waals surface area contributed by atoms with E-state index in [0.29, 0.717) is 0 Å². The highest BCUT2D eigenvalue weighted by atomic mass is 16.5. The molecule has 1 nitrogen and oxygen atoms in total. The van der Waals surface area contributed by atoms with Crippen molar-refractivity contribution in [3.05, 3.63) is 42.5 Å². The van der Waals surface area contributed by atoms with Crippen molar-refractivity contribution in [2.75, 3.05) is 7.11 Å². The zero-order chi connectivity index (χ0) is 8.97. The van der Waals surface area contributed by atoms with Crippen molar-refractivity contribution < 1.29 is 4.74 Å². The molecule has 1 aromatic rings. The molecule has 0 unspecified atom stereocenters. The smallest absolute Gasteiger partial charge is 0.126 e. The Morgan fingerprint density at radius 1 is 1.25 bits per heavy atom. The van der Waals surface area contributed by atoms with Crippen LogP contribution in [0.2, 0.25) is 0 Å². The third-order valence-electron chi connectivity index (χ3n) is 1.71. The second-order valence-electron chi connectivity index (χ2n) is 2.41. The highest BCUT2D eigenvalue weighted by Gasteiger charge is 1.97. The number of benzene rings is 1. The van der Waals surface area contributed by atoms with Crippen molar-refractivity contribution >= 4 is 12.2 Å². The van der Waals surface area contributed by atoms with Gasteiger partial charge in [0.1, 0.15) is 5.75 Å². The van der Waals surface area contributed by atoms with Gasteiger partial charge < -0.3 is 4.74 Å². The monoisotopic (exact) mass is 160 g/mol. The van der Waals surface area contributed by atoms with E-state index in [-0.39, 0.29) is 0 Å². The second kappa shape index (κ2) is 3.77. The Morgan fingerprint density at radius 3 is 2.50 bits per heavy atom. The molecule has 0 saturated carbocycles. The number of ether oxygens (including phenoxy) is 1. The van der Waals surface area contributed by atoms with Gasteiger partial charge in [-0.25, -0.2) is 0 Å². The summed E-state index contributed by atoms with van der Waals surface area (Å²) < 4.78 is 5.13. The molecule has 0 spiro atoms. The summed E-state index contributed by atoms with van der Waals surface area (Å²) >= 11 is 0. The van der Waals surface area contributed by atoms with E-state index >= 15 is 0 Å². The minimum absolute atomic E-state index is 0.843. The summed E-state index contributed by atoms with van der Waals surface area (Å²) in [7, 11) is 1.65. The van der Waals surface area contributed by atoms with E-state index in [4.69, 9.17) is 4.74 Å². The number of hydrogen-bond donors (Lipinski definition) is 0. The van der Waals surface area contributed by atoms with Crippen molar-refractivity contribution in [1.29, 1.82) is 0 Å². The van der Waals surface area contributed by atoms with Gasteiger partial charge in [0.15, 0.2) is 0 Å². The molecule has 0 aliphatic carbocycles. The number of rotatable bonds is 3. The molecule has 0 heterocycles. The minimum atomic E-state index is 0.843. The van der Waals surface area contributed by atoms with Crippen molar-refractivity contribution in [2.45, 2.75) is 0 Å². The topological polar surface area (TPSA) is 9.23 Å². The maximum atomic E-state index is 5.13. The van der Waals surface area contributed by atoms with Crippen LogP contribution >= 0.6 is 0 Å². The largest absolute Gasteiger partial charge is 0.496 e. The third-order valence-corrected chi connectivity index (χ3v) is 1.71. The Morgan fingerprint density at radius 2 is 2.00 bits per heavy atom. The zero-order valence-corrected chi connectivity index (χ0v) is 7.21. The Labute approximate surface area is 73.0 Å². The molecule has 1 heteroatoms. The maximum absolute atomic E-state index is 5.13. The molecule has 62 valence electrons. The van der Waals surface area contributed by atoms with Crippen LogP contribution in [0.3, 0.4) is 0 Å². The second-order valence-corrected chi connectivity index (χ2v) is 2.41. The van der Waals surface area contributed by atoms with Crippen molar-refractivity contribution in [2.24, 2.45) is 0 Å². The van der Waals surface area contributed by atoms with E-state index in [2.05, 4.69) is 13.2 Å². The van der Waals surface area contributed by atoms with E-state index in [1.807, 2.05) is 18.2 Å². The van der Waals surface area contributed by atoms with Gasteiger partial charge in [-0.1, -0.05) is 31.4 Å². The van der Waals surface area contributed by atoms with Crippen LogP contribution in [0.5, 0.6) is 5.75 Å². The summed E-state index contributed by atoms with van der Waals surface area (Å²) in [4.78, 5) is 0. The average Bonchev–Trinajstić information content (AvgIpc) is 2.16. The predicted molar refractivity (Wildman–Crippen MR) is 53.2 cm³/mol. The van der Waals surface area contributed by atoms with Gasteiger partial charge in [0.05, 0.1) is 7.11 Å². The van der Waals surface area contributed by atoms with Crippen LogP contribution in [-0.4, -0.2) is 7.11 Å². The molecule has 0 fully saturated rings. The van der Waals surface area contributed by atoms with Crippen LogP contribution in [0.15, 0.2) is 31.4 Å². The van der Waals surface area contributed by atoms with Crippen LogP contribution in [0, 0.1) is 0 Å². The molecular formula is C11H12O. The fourth-order valence-corrected chi connectivity index (χ4v) is 1.04. The van der Waals surface area contributed by atoms with Crippen LogP contribution in [0.1, 0.15) is 11.1 Å². The molecule has 0 aliphatic heterocycles. The molecule has 0 bridgehead atoms. The molecule has 0 saturated heterocycles. The van der Waals surface area contributed by atoms with Gasteiger partial charge in [0.2, 0.25) is 0 Å². The van der Waals surface area contributed by atoms with Crippen LogP contribution < -0.4 is 4.74 Å². The first-order valence-electron chi connectivity index (χ1n) is 3.74. The molecule has 0 amide bonds. The molecule has 0 aliphatic rings. The lowest BCUT2D eigenvalue weighted by atomic mass is 10.1. The lowest BCUT2D eigenvalue weighted by Gasteiger charge is -2.04. The zero-order valence-electron chi connectivity index (χ0n) is 7.21. The molecule has 0 aromatic heterocycles. The molecular weight excluding hydrogens is 148 g/mol. The molecule has 0 radical (unpaired) electrons. The normalized spacial score (nSPS) is 9.08. The molecule has 12 heavy (non-hydrogen) atoms. The lowest BCUT2D eigenvalue weighted by molar-refractivity contribution is 0.414. The van der Waals surface area contributed by atoms with Crippen LogP contribution in [0.25, 0.3) is 12.2 Å². The average molecular weight is 160 g/mol. The molecule has 0 N–H and O–H groups in total. The van der Waals surface area contributed by atoms with Crippen LogP contribution in [0.4, 0.5) is 0 Å². The van der Waals surface area contributed by atoms with E-state index < -0.39 is 0 Å². The van der Waals surface area contributed by atoms with Gasteiger partial charge in [-0.05, 0) is 17.7 Å². The number of hydrogen-bond acceptors (Lipinski definition) is 1. The molecule has 0 atom stereocenters. The van der Waals surface area contributed by atoms with Crippen LogP contribution in [-0.2, 0) is 0 Å². The first-order valence-corrected chi connectivity index (χ1v) is 3.74. The summed E-state index contributed by atoms with van der Waals surface area (Å²) in [6.45, 7) is 7.39. The fourth-order valence-electron chi connectivity index (χ4n) is 1.04. The summed E-state index contributed by atoms with van der Waals surface area (Å²) in [5, 5.41) is 0. The highest BCUT2D eigenvalue weighted by Crippen LogP contribution is 2.20. The molecule has 1 aromatic carbocycles. The van der Waals surface area contributed by atoms with E-state index in [0.717, 1.165) is 16.9 Å². The summed E-state index contributed by atoms with van der Waals surface area (Å²) in [6.07, 6.45) is 3.57. The third kappa shape index (κ3) is 1.56. The van der Waals surface area contributed by atoms with Gasteiger partial charge in [-0.3, -0.25) is 0 Å². The van der Waals surface area contributed by atoms with E-state index in [1.165, 1.54) is 0 Å². The fraction of sp³-hybridized carbons (Fsp3) is 0.0909. The summed E-state index contributed by atoms with van der Waals surface area (Å²) in [5.41, 5.74) is 2.07. The number of methoxy groups -OCH3 is 1. The van der Waals surface area contributed by atoms with Crippen molar-refractivity contribution in [3.8, 4) is 5.75 Å². The highest BCUT2D eigenvalue weighted by molar-refractivity contribution is 5.61. The van der Waals surface area contributed by atoms with Gasteiger partial charge in [-0.15, -0.1) is 0 Å². The van der Waals surface area contributed by atoms with Gasteiger partial charge in [0, 0.05) is 5.56 Å². The maximum Gasteiger partial charge on any atom is 0.126 e. The first kappa shape index (κ1) is 8.60. The van der Waals surface area contributed by atoms with E-state index in [9.17, 15) is 0 Å². The van der Waals surface area contributed by atoms with E-state index in [1.54, 1.807) is 19.3 Å². The van der Waals surface area contributed by atoms with Gasteiger partial charge >= 0.3 is 0 Å². The summed E-state index contributed by atoms with van der Waals surface area (Å²) in [5.74, 6) is 0.843. The quantitative estimate of drug-likeness (QED) is 0.660. The standard InChI is InChI=1S/C11H12O/c1-4-9-6-7-11(12-3)10(5-2)8-9/h4-8H,1-2H2,3H3. The van der Waals surface area contributed by atoms with Crippen molar-refractivity contribution in [3.63, 3.8) is 0 Å². The SMILES string of the molecule is C=Cc1ccc(OC)c(C=C)c1. The Balaban J connectivity index is 3.18. The predicted octanol–water partition coefficient (Wildman–Crippen LogP) is 2.98. The summed E-state index contributed by atoms with van der Waals surface area (Å²) in [6, 6.07) is 5.85. The minimum Gasteiger partial charge on any atom is -0.496 e. The Kier molecular flexibility index (Phi) is 2.70. The molecule has 1 rings (SSSR count).